The average molecular weight is 652 g/mol. The molecule has 1 amide bonds. The van der Waals surface area contributed by atoms with Gasteiger partial charge in [-0.05, 0) is 19.3 Å². The zero-order valence-corrected chi connectivity index (χ0v) is 31.0. The Morgan fingerprint density at radius 3 is 1.26 bits per heavy atom. The minimum Gasteiger partial charge on any atom is -0.394 e. The lowest BCUT2D eigenvalue weighted by atomic mass is 10.0. The Labute approximate surface area is 287 Å². The second-order valence-electron chi connectivity index (χ2n) is 14.3. The van der Waals surface area contributed by atoms with E-state index in [4.69, 9.17) is 0 Å². The van der Waals surface area contributed by atoms with Crippen LogP contribution in [0.3, 0.4) is 0 Å². The number of aliphatic hydroxyl groups is 3. The van der Waals surface area contributed by atoms with Gasteiger partial charge in [-0.1, -0.05) is 206 Å². The van der Waals surface area contributed by atoms with E-state index in [1.165, 1.54) is 167 Å². The van der Waals surface area contributed by atoms with E-state index < -0.39 is 18.2 Å². The highest BCUT2D eigenvalue weighted by Crippen LogP contribution is 2.16. The first-order valence-electron chi connectivity index (χ1n) is 20.5. The molecule has 0 aliphatic heterocycles. The minimum atomic E-state index is -0.923. The first-order valence-corrected chi connectivity index (χ1v) is 20.5. The number of amides is 1. The Morgan fingerprint density at radius 2 is 0.891 bits per heavy atom. The van der Waals surface area contributed by atoms with E-state index in [0.29, 0.717) is 6.42 Å². The smallest absolute Gasteiger partial charge is 0.222 e. The Kier molecular flexibility index (Phi) is 36.2. The van der Waals surface area contributed by atoms with Crippen LogP contribution in [0.25, 0.3) is 0 Å². The number of hydrogen-bond acceptors (Lipinski definition) is 4. The molecule has 0 radical (unpaired) electrons. The van der Waals surface area contributed by atoms with Gasteiger partial charge in [-0.25, -0.2) is 0 Å². The molecule has 0 saturated carbocycles. The second kappa shape index (κ2) is 36.9. The summed E-state index contributed by atoms with van der Waals surface area (Å²) in [7, 11) is 0. The SMILES string of the molecule is CCCCCCCCCCCCCCCCCCCC/C=C/C(O)C(CO)NC(=O)CC(O)CCCCCCCCCCCCC. The molecule has 0 aliphatic carbocycles. The third-order valence-corrected chi connectivity index (χ3v) is 9.57. The summed E-state index contributed by atoms with van der Waals surface area (Å²) >= 11 is 0. The fourth-order valence-corrected chi connectivity index (χ4v) is 6.40. The second-order valence-corrected chi connectivity index (χ2v) is 14.3. The molecule has 0 aromatic carbocycles. The van der Waals surface area contributed by atoms with E-state index in [2.05, 4.69) is 19.2 Å². The first-order chi connectivity index (χ1) is 22.5. The molecule has 3 atom stereocenters. The molecule has 0 aliphatic rings. The summed E-state index contributed by atoms with van der Waals surface area (Å²) in [5, 5.41) is 33.1. The van der Waals surface area contributed by atoms with Crippen molar-refractivity contribution in [2.75, 3.05) is 6.61 Å². The summed E-state index contributed by atoms with van der Waals surface area (Å²) in [6, 6.07) is -0.738. The summed E-state index contributed by atoms with van der Waals surface area (Å²) < 4.78 is 0. The van der Waals surface area contributed by atoms with Gasteiger partial charge in [-0.2, -0.15) is 0 Å². The Morgan fingerprint density at radius 1 is 0.543 bits per heavy atom. The molecular weight excluding hydrogens is 570 g/mol. The van der Waals surface area contributed by atoms with Crippen molar-refractivity contribution < 1.29 is 20.1 Å². The molecule has 0 bridgehead atoms. The highest BCUT2D eigenvalue weighted by molar-refractivity contribution is 5.76. The normalized spacial score (nSPS) is 13.8. The zero-order valence-electron chi connectivity index (χ0n) is 31.0. The van der Waals surface area contributed by atoms with E-state index >= 15 is 0 Å². The van der Waals surface area contributed by atoms with Gasteiger partial charge in [-0.15, -0.1) is 0 Å². The van der Waals surface area contributed by atoms with Crippen LogP contribution in [0.1, 0.15) is 219 Å². The van der Waals surface area contributed by atoms with Crippen molar-refractivity contribution in [2.24, 2.45) is 0 Å². The molecule has 5 heteroatoms. The number of carbonyl (C=O) groups excluding carboxylic acids is 1. The Bertz CT molecular complexity index is 640. The largest absolute Gasteiger partial charge is 0.394 e. The lowest BCUT2D eigenvalue weighted by Gasteiger charge is -2.21. The average Bonchev–Trinajstić information content (AvgIpc) is 3.05. The first kappa shape index (κ1) is 45.1. The van der Waals surface area contributed by atoms with E-state index in [9.17, 15) is 20.1 Å². The third-order valence-electron chi connectivity index (χ3n) is 9.57. The van der Waals surface area contributed by atoms with Crippen molar-refractivity contribution in [3.63, 3.8) is 0 Å². The van der Waals surface area contributed by atoms with Crippen LogP contribution in [0.4, 0.5) is 0 Å². The van der Waals surface area contributed by atoms with Gasteiger partial charge >= 0.3 is 0 Å². The fourth-order valence-electron chi connectivity index (χ4n) is 6.40. The van der Waals surface area contributed by atoms with E-state index in [1.54, 1.807) is 6.08 Å². The van der Waals surface area contributed by atoms with Crippen LogP contribution >= 0.6 is 0 Å². The Balaban J connectivity index is 3.65. The summed E-state index contributed by atoms with van der Waals surface area (Å²) in [4.78, 5) is 12.4. The van der Waals surface area contributed by atoms with Gasteiger partial charge in [0.2, 0.25) is 5.91 Å². The van der Waals surface area contributed by atoms with Crippen LogP contribution in [0.5, 0.6) is 0 Å². The van der Waals surface area contributed by atoms with Crippen molar-refractivity contribution in [1.29, 1.82) is 0 Å². The van der Waals surface area contributed by atoms with Crippen molar-refractivity contribution in [1.82, 2.24) is 5.32 Å². The van der Waals surface area contributed by atoms with Crippen LogP contribution in [0.2, 0.25) is 0 Å². The molecule has 4 N–H and O–H groups in total. The number of nitrogens with one attached hydrogen (secondary N) is 1. The van der Waals surface area contributed by atoms with Gasteiger partial charge in [0.15, 0.2) is 0 Å². The molecule has 0 spiro atoms. The Hall–Kier alpha value is -0.910. The maximum absolute atomic E-state index is 12.4. The van der Waals surface area contributed by atoms with E-state index in [0.717, 1.165) is 25.7 Å². The molecule has 3 unspecified atom stereocenters. The summed E-state index contributed by atoms with van der Waals surface area (Å²) in [6.45, 7) is 4.21. The molecule has 0 aromatic heterocycles. The fraction of sp³-hybridized carbons (Fsp3) is 0.927. The van der Waals surface area contributed by atoms with Crippen molar-refractivity contribution >= 4 is 5.91 Å². The summed E-state index contributed by atoms with van der Waals surface area (Å²) in [6.07, 6.45) is 42.0. The topological polar surface area (TPSA) is 89.8 Å². The lowest BCUT2D eigenvalue weighted by molar-refractivity contribution is -0.124. The lowest BCUT2D eigenvalue weighted by Crippen LogP contribution is -2.45. The van der Waals surface area contributed by atoms with Gasteiger partial charge in [0.25, 0.3) is 0 Å². The standard InChI is InChI=1S/C41H81NO4/c1-3-5-7-9-11-13-15-16-17-18-19-20-21-22-23-25-27-29-31-33-35-40(45)39(37-43)42-41(46)36-38(44)34-32-30-28-26-24-14-12-10-8-6-4-2/h33,35,38-40,43-45H,3-32,34,36-37H2,1-2H3,(H,42,46)/b35-33+. The van der Waals surface area contributed by atoms with Crippen LogP contribution in [0.15, 0.2) is 12.2 Å². The minimum absolute atomic E-state index is 0.0179. The van der Waals surface area contributed by atoms with Crippen molar-refractivity contribution in [3.05, 3.63) is 12.2 Å². The quantitative estimate of drug-likeness (QED) is 0.0397. The molecule has 0 fully saturated rings. The van der Waals surface area contributed by atoms with Crippen LogP contribution in [-0.2, 0) is 4.79 Å². The molecule has 46 heavy (non-hydrogen) atoms. The van der Waals surface area contributed by atoms with Crippen LogP contribution < -0.4 is 5.32 Å². The van der Waals surface area contributed by atoms with Gasteiger partial charge in [0.05, 0.1) is 31.3 Å². The van der Waals surface area contributed by atoms with E-state index in [1.807, 2.05) is 6.08 Å². The van der Waals surface area contributed by atoms with Crippen LogP contribution in [-0.4, -0.2) is 46.1 Å². The number of carbonyl (C=O) groups is 1. The molecule has 0 rings (SSSR count). The van der Waals surface area contributed by atoms with Gasteiger partial charge in [0.1, 0.15) is 0 Å². The van der Waals surface area contributed by atoms with Crippen molar-refractivity contribution in [3.8, 4) is 0 Å². The third kappa shape index (κ3) is 33.0. The number of allylic oxidation sites excluding steroid dienone is 1. The predicted molar refractivity (Wildman–Crippen MR) is 199 cm³/mol. The predicted octanol–water partition coefficient (Wildman–Crippen LogP) is 11.3. The maximum Gasteiger partial charge on any atom is 0.222 e. The molecular formula is C41H81NO4. The van der Waals surface area contributed by atoms with Gasteiger partial charge < -0.3 is 20.6 Å². The highest BCUT2D eigenvalue weighted by atomic mass is 16.3. The molecule has 274 valence electrons. The van der Waals surface area contributed by atoms with Crippen LogP contribution in [0, 0.1) is 0 Å². The maximum atomic E-state index is 12.4. The number of unbranched alkanes of at least 4 members (excludes halogenated alkanes) is 28. The van der Waals surface area contributed by atoms with E-state index in [-0.39, 0.29) is 18.9 Å². The number of hydrogen-bond donors (Lipinski definition) is 4. The molecule has 0 heterocycles. The molecule has 0 aromatic rings. The van der Waals surface area contributed by atoms with Gasteiger partial charge in [-0.3, -0.25) is 4.79 Å². The number of aliphatic hydroxyl groups excluding tert-OH is 3. The van der Waals surface area contributed by atoms with Crippen molar-refractivity contribution in [2.45, 2.75) is 238 Å². The summed E-state index contributed by atoms with van der Waals surface area (Å²) in [5.41, 5.74) is 0. The zero-order chi connectivity index (χ0) is 33.8. The molecule has 0 saturated heterocycles. The highest BCUT2D eigenvalue weighted by Gasteiger charge is 2.20. The van der Waals surface area contributed by atoms with Gasteiger partial charge in [0, 0.05) is 0 Å². The molecule has 5 nitrogen and oxygen atoms in total. The monoisotopic (exact) mass is 652 g/mol. The number of rotatable bonds is 37. The summed E-state index contributed by atoms with van der Waals surface area (Å²) in [5.74, 6) is -0.314.